The van der Waals surface area contributed by atoms with Crippen molar-refractivity contribution < 1.29 is 13.2 Å². The number of aryl methyl sites for hydroxylation is 1. The smallest absolute Gasteiger partial charge is 0.224 e. The number of aromatic nitrogens is 2. The van der Waals surface area contributed by atoms with Crippen molar-refractivity contribution in [2.45, 2.75) is 37.5 Å². The van der Waals surface area contributed by atoms with Crippen LogP contribution in [-0.2, 0) is 27.5 Å². The maximum absolute atomic E-state index is 12.9. The lowest BCUT2D eigenvalue weighted by molar-refractivity contribution is -0.120. The highest BCUT2D eigenvalue weighted by Gasteiger charge is 2.30. The molecule has 9 heteroatoms. The molecule has 0 fully saturated rings. The van der Waals surface area contributed by atoms with Crippen molar-refractivity contribution >= 4 is 38.9 Å². The van der Waals surface area contributed by atoms with E-state index in [1.165, 1.54) is 0 Å². The highest BCUT2D eigenvalue weighted by atomic mass is 35.5. The largest absolute Gasteiger partial charge is 0.356 e. The molecule has 7 nitrogen and oxygen atoms in total. The van der Waals surface area contributed by atoms with E-state index in [1.807, 2.05) is 37.3 Å². The summed E-state index contributed by atoms with van der Waals surface area (Å²) in [7, 11) is -3.50. The maximum Gasteiger partial charge on any atom is 0.224 e. The van der Waals surface area contributed by atoms with Crippen molar-refractivity contribution in [1.82, 2.24) is 15.3 Å². The topological polar surface area (TPSA) is 101 Å². The zero-order valence-electron chi connectivity index (χ0n) is 18.3. The average Bonchev–Trinajstić information content (AvgIpc) is 2.78. The van der Waals surface area contributed by atoms with Crippen LogP contribution in [0.4, 0.5) is 11.5 Å². The molecule has 4 rings (SSSR count). The Balaban J connectivity index is 1.66. The first kappa shape index (κ1) is 23.2. The first-order valence-corrected chi connectivity index (χ1v) is 12.9. The minimum Gasteiger partial charge on any atom is -0.356 e. The standard InChI is InChI=1S/C24H25ClN4O3S/c1-2-12-26-21(30)14-16-8-10-19(11-9-16)27-24-22-20(7-4-13-33(22,31)32)28-23(29-24)17-5-3-6-18(25)15-17/h3,5-6,8-11,15H,2,4,7,12-14H2,1H3,(H,26,30)(H,27,28,29). The lowest BCUT2D eigenvalue weighted by atomic mass is 10.1. The van der Waals surface area contributed by atoms with Gasteiger partial charge in [0.25, 0.3) is 0 Å². The molecule has 0 radical (unpaired) electrons. The molecule has 0 saturated heterocycles. The normalized spacial score (nSPS) is 14.4. The number of amides is 1. The predicted octanol–water partition coefficient (Wildman–Crippen LogP) is 4.33. The molecule has 0 bridgehead atoms. The molecule has 3 aromatic rings. The highest BCUT2D eigenvalue weighted by molar-refractivity contribution is 7.91. The van der Waals surface area contributed by atoms with Crippen LogP contribution >= 0.6 is 11.6 Å². The number of hydrogen-bond acceptors (Lipinski definition) is 6. The van der Waals surface area contributed by atoms with E-state index in [2.05, 4.69) is 20.6 Å². The van der Waals surface area contributed by atoms with Crippen LogP contribution in [0.15, 0.2) is 53.4 Å². The van der Waals surface area contributed by atoms with Crippen molar-refractivity contribution in [1.29, 1.82) is 0 Å². The zero-order valence-corrected chi connectivity index (χ0v) is 19.8. The quantitative estimate of drug-likeness (QED) is 0.517. The van der Waals surface area contributed by atoms with Crippen molar-refractivity contribution in [3.05, 3.63) is 64.8 Å². The van der Waals surface area contributed by atoms with Gasteiger partial charge in [-0.25, -0.2) is 18.4 Å². The van der Waals surface area contributed by atoms with Gasteiger partial charge in [0.05, 0.1) is 17.9 Å². The van der Waals surface area contributed by atoms with Gasteiger partial charge in [-0.2, -0.15) is 0 Å². The fraction of sp³-hybridized carbons (Fsp3) is 0.292. The minimum atomic E-state index is -3.50. The Bertz CT molecular complexity index is 1280. The van der Waals surface area contributed by atoms with Gasteiger partial charge in [-0.05, 0) is 49.1 Å². The fourth-order valence-corrected chi connectivity index (χ4v) is 5.54. The number of carbonyl (C=O) groups excluding carboxylic acids is 1. The Hall–Kier alpha value is -2.97. The number of nitrogens with one attached hydrogen (secondary N) is 2. The molecule has 0 spiro atoms. The van der Waals surface area contributed by atoms with Crippen molar-refractivity contribution in [3.8, 4) is 11.4 Å². The summed E-state index contributed by atoms with van der Waals surface area (Å²) in [4.78, 5) is 21.2. The molecule has 33 heavy (non-hydrogen) atoms. The van der Waals surface area contributed by atoms with E-state index in [4.69, 9.17) is 11.6 Å². The number of anilines is 2. The second-order valence-corrected chi connectivity index (χ2v) is 10.4. The first-order valence-electron chi connectivity index (χ1n) is 10.9. The summed E-state index contributed by atoms with van der Waals surface area (Å²) >= 11 is 6.14. The summed E-state index contributed by atoms with van der Waals surface area (Å²) in [5.74, 6) is 0.711. The Morgan fingerprint density at radius 1 is 1.12 bits per heavy atom. The molecule has 2 N–H and O–H groups in total. The van der Waals surface area contributed by atoms with Crippen LogP contribution in [-0.4, -0.2) is 36.6 Å². The third-order valence-electron chi connectivity index (χ3n) is 5.31. The maximum atomic E-state index is 12.9. The number of nitrogens with zero attached hydrogens (tertiary/aromatic N) is 2. The van der Waals surface area contributed by atoms with E-state index < -0.39 is 9.84 Å². The number of carbonyl (C=O) groups is 1. The summed E-state index contributed by atoms with van der Waals surface area (Å²) in [5.41, 5.74) is 2.76. The fourth-order valence-electron chi connectivity index (χ4n) is 3.72. The highest BCUT2D eigenvalue weighted by Crippen LogP contribution is 2.33. The lowest BCUT2D eigenvalue weighted by Gasteiger charge is -2.20. The van der Waals surface area contributed by atoms with Gasteiger partial charge < -0.3 is 10.6 Å². The van der Waals surface area contributed by atoms with Crippen LogP contribution in [0.1, 0.15) is 31.0 Å². The Morgan fingerprint density at radius 3 is 2.64 bits per heavy atom. The Labute approximate surface area is 198 Å². The molecular formula is C24H25ClN4O3S. The van der Waals surface area contributed by atoms with Gasteiger partial charge in [-0.3, -0.25) is 4.79 Å². The van der Waals surface area contributed by atoms with Crippen molar-refractivity contribution in [2.75, 3.05) is 17.6 Å². The summed E-state index contributed by atoms with van der Waals surface area (Å²) in [6.45, 7) is 2.66. The molecule has 1 aliphatic heterocycles. The third kappa shape index (κ3) is 5.51. The van der Waals surface area contributed by atoms with E-state index in [1.54, 1.807) is 18.2 Å². The number of fused-ring (bicyclic) bond motifs is 1. The zero-order chi connectivity index (χ0) is 23.4. The molecule has 1 aliphatic rings. The van der Waals surface area contributed by atoms with E-state index in [-0.39, 0.29) is 28.8 Å². The second-order valence-electron chi connectivity index (χ2n) is 7.95. The monoisotopic (exact) mass is 484 g/mol. The van der Waals surface area contributed by atoms with Crippen LogP contribution in [0.25, 0.3) is 11.4 Å². The molecule has 0 atom stereocenters. The van der Waals surface area contributed by atoms with Crippen LogP contribution in [0.3, 0.4) is 0 Å². The van der Waals surface area contributed by atoms with Gasteiger partial charge in [0.15, 0.2) is 21.5 Å². The molecule has 0 aliphatic carbocycles. The predicted molar refractivity (Wildman–Crippen MR) is 130 cm³/mol. The van der Waals surface area contributed by atoms with Crippen LogP contribution in [0.5, 0.6) is 0 Å². The van der Waals surface area contributed by atoms with Crippen LogP contribution in [0.2, 0.25) is 5.02 Å². The third-order valence-corrected chi connectivity index (χ3v) is 7.42. The van der Waals surface area contributed by atoms with Gasteiger partial charge >= 0.3 is 0 Å². The number of rotatable bonds is 7. The Morgan fingerprint density at radius 2 is 1.91 bits per heavy atom. The minimum absolute atomic E-state index is 0.0281. The van der Waals surface area contributed by atoms with Crippen molar-refractivity contribution in [2.24, 2.45) is 0 Å². The summed E-state index contributed by atoms with van der Waals surface area (Å²) in [5, 5.41) is 6.57. The molecule has 0 saturated carbocycles. The van der Waals surface area contributed by atoms with E-state index in [0.717, 1.165) is 12.0 Å². The average molecular weight is 485 g/mol. The number of hydrogen-bond donors (Lipinski definition) is 2. The van der Waals surface area contributed by atoms with Crippen LogP contribution in [0, 0.1) is 0 Å². The number of sulfone groups is 1. The molecule has 2 heterocycles. The first-order chi connectivity index (χ1) is 15.9. The van der Waals surface area contributed by atoms with E-state index >= 15 is 0 Å². The molecule has 172 valence electrons. The van der Waals surface area contributed by atoms with Crippen LogP contribution < -0.4 is 10.6 Å². The van der Waals surface area contributed by atoms with Gasteiger partial charge in [0.1, 0.15) is 4.90 Å². The SMILES string of the molecule is CCCNC(=O)Cc1ccc(Nc2nc(-c3cccc(Cl)c3)nc3c2S(=O)(=O)CCC3)cc1. The molecule has 1 amide bonds. The number of halogens is 1. The number of benzene rings is 2. The summed E-state index contributed by atoms with van der Waals surface area (Å²) in [6.07, 6.45) is 2.26. The van der Waals surface area contributed by atoms with Gasteiger partial charge in [0, 0.05) is 22.8 Å². The van der Waals surface area contributed by atoms with Gasteiger partial charge in [-0.1, -0.05) is 42.8 Å². The second kappa shape index (κ2) is 9.89. The molecule has 1 aromatic heterocycles. The van der Waals surface area contributed by atoms with Crippen molar-refractivity contribution in [3.63, 3.8) is 0 Å². The van der Waals surface area contributed by atoms with Gasteiger partial charge in [0.2, 0.25) is 5.91 Å². The van der Waals surface area contributed by atoms with Gasteiger partial charge in [-0.15, -0.1) is 0 Å². The van der Waals surface area contributed by atoms with E-state index in [9.17, 15) is 13.2 Å². The summed E-state index contributed by atoms with van der Waals surface area (Å²) < 4.78 is 25.7. The Kier molecular flexibility index (Phi) is 6.95. The lowest BCUT2D eigenvalue weighted by Crippen LogP contribution is -2.25. The van der Waals surface area contributed by atoms with E-state index in [0.29, 0.717) is 47.2 Å². The molecular weight excluding hydrogens is 460 g/mol. The summed E-state index contributed by atoms with van der Waals surface area (Å²) in [6, 6.07) is 14.5. The molecule has 0 unspecified atom stereocenters. The molecule has 2 aromatic carbocycles.